The highest BCUT2D eigenvalue weighted by Crippen LogP contribution is 2.21. The maximum Gasteiger partial charge on any atom is 0.0753 e. The highest BCUT2D eigenvalue weighted by Gasteiger charge is 2.27. The highest BCUT2D eigenvalue weighted by atomic mass is 15.4. The molecule has 0 aromatic carbocycles. The van der Waals surface area contributed by atoms with Gasteiger partial charge in [0.2, 0.25) is 0 Å². The van der Waals surface area contributed by atoms with Crippen molar-refractivity contribution in [2.45, 2.75) is 31.8 Å². The van der Waals surface area contributed by atoms with Crippen molar-refractivity contribution in [2.24, 2.45) is 7.05 Å². The van der Waals surface area contributed by atoms with Crippen LogP contribution < -0.4 is 5.32 Å². The van der Waals surface area contributed by atoms with Crippen molar-refractivity contribution in [3.05, 3.63) is 11.9 Å². The molecule has 2 heterocycles. The summed E-state index contributed by atoms with van der Waals surface area (Å²) in [7, 11) is 6.41. The van der Waals surface area contributed by atoms with Crippen molar-refractivity contribution in [3.8, 4) is 0 Å². The molecule has 2 unspecified atom stereocenters. The molecule has 2 atom stereocenters. The van der Waals surface area contributed by atoms with Crippen molar-refractivity contribution >= 4 is 0 Å². The van der Waals surface area contributed by atoms with Gasteiger partial charge in [-0.2, -0.15) is 0 Å². The van der Waals surface area contributed by atoms with Crippen molar-refractivity contribution < 1.29 is 0 Å². The van der Waals surface area contributed by atoms with Gasteiger partial charge >= 0.3 is 0 Å². The molecule has 0 bridgehead atoms. The van der Waals surface area contributed by atoms with E-state index in [0.29, 0.717) is 12.1 Å². The van der Waals surface area contributed by atoms with Crippen molar-refractivity contribution in [3.63, 3.8) is 0 Å². The van der Waals surface area contributed by atoms with Crippen molar-refractivity contribution in [2.75, 3.05) is 40.3 Å². The van der Waals surface area contributed by atoms with Gasteiger partial charge in [-0.1, -0.05) is 12.1 Å². The van der Waals surface area contributed by atoms with Crippen LogP contribution in [0.2, 0.25) is 0 Å². The van der Waals surface area contributed by atoms with Crippen LogP contribution in [-0.2, 0) is 7.05 Å². The average molecular weight is 280 g/mol. The Kier molecular flexibility index (Phi) is 5.51. The molecule has 20 heavy (non-hydrogen) atoms. The second-order valence-electron chi connectivity index (χ2n) is 5.92. The lowest BCUT2D eigenvalue weighted by Crippen LogP contribution is -2.51. The molecule has 0 radical (unpaired) electrons. The van der Waals surface area contributed by atoms with E-state index in [-0.39, 0.29) is 0 Å². The molecule has 114 valence electrons. The smallest absolute Gasteiger partial charge is 0.0753 e. The predicted octanol–water partition coefficient (Wildman–Crippen LogP) is 0.492. The molecule has 0 amide bonds. The second kappa shape index (κ2) is 7.15. The number of piperazine rings is 1. The van der Waals surface area contributed by atoms with Gasteiger partial charge in [0.25, 0.3) is 0 Å². The van der Waals surface area contributed by atoms with Crippen LogP contribution in [-0.4, -0.2) is 71.1 Å². The van der Waals surface area contributed by atoms with Crippen LogP contribution in [0.25, 0.3) is 0 Å². The minimum Gasteiger partial charge on any atom is -0.309 e. The Labute approximate surface area is 122 Å². The van der Waals surface area contributed by atoms with Gasteiger partial charge in [0.1, 0.15) is 0 Å². The van der Waals surface area contributed by atoms with Crippen LogP contribution in [0.5, 0.6) is 0 Å². The Morgan fingerprint density at radius 3 is 2.80 bits per heavy atom. The van der Waals surface area contributed by atoms with Gasteiger partial charge in [0.05, 0.1) is 17.9 Å². The molecule has 1 saturated heterocycles. The highest BCUT2D eigenvalue weighted by molar-refractivity contribution is 5.03. The van der Waals surface area contributed by atoms with Gasteiger partial charge in [-0.15, -0.1) is 5.10 Å². The van der Waals surface area contributed by atoms with Crippen LogP contribution in [0.1, 0.15) is 31.5 Å². The molecule has 6 heteroatoms. The molecule has 1 aromatic heterocycles. The fourth-order valence-corrected chi connectivity index (χ4v) is 2.87. The summed E-state index contributed by atoms with van der Waals surface area (Å²) in [6, 6.07) is 0.909. The number of rotatable bonds is 6. The molecule has 1 aliphatic heterocycles. The summed E-state index contributed by atoms with van der Waals surface area (Å²) < 4.78 is 1.89. The fraction of sp³-hybridized carbons (Fsp3) is 0.857. The van der Waals surface area contributed by atoms with Gasteiger partial charge in [0, 0.05) is 32.7 Å². The lowest BCUT2D eigenvalue weighted by Gasteiger charge is -2.39. The molecule has 0 saturated carbocycles. The van der Waals surface area contributed by atoms with E-state index < -0.39 is 0 Å². The summed E-state index contributed by atoms with van der Waals surface area (Å²) >= 11 is 0. The molecule has 1 fully saturated rings. The fourth-order valence-electron chi connectivity index (χ4n) is 2.87. The first-order chi connectivity index (χ1) is 9.61. The number of hydrogen-bond donors (Lipinski definition) is 1. The second-order valence-corrected chi connectivity index (χ2v) is 5.92. The van der Waals surface area contributed by atoms with E-state index in [2.05, 4.69) is 46.4 Å². The van der Waals surface area contributed by atoms with Gasteiger partial charge < -0.3 is 15.1 Å². The predicted molar refractivity (Wildman–Crippen MR) is 80.6 cm³/mol. The molecule has 0 spiro atoms. The first kappa shape index (κ1) is 15.4. The summed E-state index contributed by atoms with van der Waals surface area (Å²) in [5.74, 6) is 0. The summed E-state index contributed by atoms with van der Waals surface area (Å²) in [5, 5.41) is 11.8. The normalized spacial score (nSPS) is 23.1. The minimum absolute atomic E-state index is 0.328. The SMILES string of the molecule is CCCNC(CC1CN(C)CCN1C)c1cnnn1C. The molecule has 2 rings (SSSR count). The zero-order valence-electron chi connectivity index (χ0n) is 13.2. The third-order valence-electron chi connectivity index (χ3n) is 4.24. The standard InChI is InChI=1S/C14H28N6/c1-5-6-15-13(14-10-16-17-20(14)4)9-12-11-18(2)7-8-19(12)3/h10,12-13,15H,5-9,11H2,1-4H3. The van der Waals surface area contributed by atoms with E-state index in [0.717, 1.165) is 39.0 Å². The van der Waals surface area contributed by atoms with Crippen LogP contribution in [0.15, 0.2) is 6.20 Å². The summed E-state index contributed by atoms with van der Waals surface area (Å²) in [6.45, 7) is 6.67. The van der Waals surface area contributed by atoms with Gasteiger partial charge in [0.15, 0.2) is 0 Å². The molecule has 1 aliphatic rings. The number of aromatic nitrogens is 3. The number of aryl methyl sites for hydroxylation is 1. The quantitative estimate of drug-likeness (QED) is 0.822. The third-order valence-corrected chi connectivity index (χ3v) is 4.24. The van der Waals surface area contributed by atoms with E-state index in [1.165, 1.54) is 5.69 Å². The monoisotopic (exact) mass is 280 g/mol. The zero-order valence-corrected chi connectivity index (χ0v) is 13.2. The maximum absolute atomic E-state index is 4.08. The minimum atomic E-state index is 0.328. The van der Waals surface area contributed by atoms with Crippen LogP contribution >= 0.6 is 0 Å². The van der Waals surface area contributed by atoms with E-state index in [1.54, 1.807) is 0 Å². The van der Waals surface area contributed by atoms with Gasteiger partial charge in [-0.05, 0) is 33.5 Å². The third kappa shape index (κ3) is 3.77. The summed E-state index contributed by atoms with van der Waals surface area (Å²) in [4.78, 5) is 4.90. The molecule has 1 aromatic rings. The van der Waals surface area contributed by atoms with Crippen LogP contribution in [0.3, 0.4) is 0 Å². The Morgan fingerprint density at radius 1 is 1.35 bits per heavy atom. The van der Waals surface area contributed by atoms with Gasteiger partial charge in [-0.3, -0.25) is 4.68 Å². The number of likely N-dealkylation sites (N-methyl/N-ethyl adjacent to an activating group) is 2. The molecular weight excluding hydrogens is 252 g/mol. The Hall–Kier alpha value is -0.980. The summed E-state index contributed by atoms with van der Waals surface area (Å²) in [5.41, 5.74) is 1.18. The topological polar surface area (TPSA) is 49.2 Å². The Morgan fingerprint density at radius 2 is 2.15 bits per heavy atom. The average Bonchev–Trinajstić information content (AvgIpc) is 2.84. The molecule has 1 N–H and O–H groups in total. The summed E-state index contributed by atoms with van der Waals surface area (Å²) in [6.07, 6.45) is 4.13. The number of nitrogens with zero attached hydrogens (tertiary/aromatic N) is 5. The largest absolute Gasteiger partial charge is 0.309 e. The molecule has 6 nitrogen and oxygen atoms in total. The first-order valence-corrected chi connectivity index (χ1v) is 7.58. The Balaban J connectivity index is 2.05. The zero-order chi connectivity index (χ0) is 14.5. The van der Waals surface area contributed by atoms with Crippen LogP contribution in [0, 0.1) is 0 Å². The first-order valence-electron chi connectivity index (χ1n) is 7.58. The maximum atomic E-state index is 4.08. The Bertz CT molecular complexity index is 404. The number of hydrogen-bond acceptors (Lipinski definition) is 5. The van der Waals surface area contributed by atoms with Crippen LogP contribution in [0.4, 0.5) is 0 Å². The van der Waals surface area contributed by atoms with E-state index in [4.69, 9.17) is 0 Å². The molecular formula is C14H28N6. The molecule has 0 aliphatic carbocycles. The van der Waals surface area contributed by atoms with E-state index in [1.807, 2.05) is 17.9 Å². The lowest BCUT2D eigenvalue weighted by atomic mass is 10.0. The van der Waals surface area contributed by atoms with Crippen molar-refractivity contribution in [1.82, 2.24) is 30.1 Å². The number of nitrogens with one attached hydrogen (secondary N) is 1. The van der Waals surface area contributed by atoms with E-state index >= 15 is 0 Å². The van der Waals surface area contributed by atoms with E-state index in [9.17, 15) is 0 Å². The van der Waals surface area contributed by atoms with Gasteiger partial charge in [-0.25, -0.2) is 0 Å². The lowest BCUT2D eigenvalue weighted by molar-refractivity contribution is 0.100. The van der Waals surface area contributed by atoms with Crippen molar-refractivity contribution in [1.29, 1.82) is 0 Å².